The van der Waals surface area contributed by atoms with Gasteiger partial charge in [0.1, 0.15) is 6.10 Å². The second kappa shape index (κ2) is 11.3. The Morgan fingerprint density at radius 2 is 1.19 bits per heavy atom. The first-order valence-corrected chi connectivity index (χ1v) is 11.7. The number of ether oxygens (including phenoxy) is 3. The summed E-state index contributed by atoms with van der Waals surface area (Å²) in [5, 5.41) is 19.6. The van der Waals surface area contributed by atoms with Gasteiger partial charge >= 0.3 is 17.9 Å². The number of hydrogen-bond acceptors (Lipinski definition) is 7. The van der Waals surface area contributed by atoms with Gasteiger partial charge in [0.25, 0.3) is 0 Å². The molecule has 3 saturated carbocycles. The smallest absolute Gasteiger partial charge is 0.309 e. The molecule has 176 valence electrons. The number of methoxy groups -OCH3 is 1. The molecule has 0 bridgehead atoms. The standard InChI is InChI=1S/C23H36O8/c1-29-21(26)15-2-4-16(5-3-15)22(27)31-19-12-8-17(9-13-19)23(28)30-18-10-6-14(7-11-18)20(24)25/h14-19,23,28H,2-13H2,1H3,(H,24,25). The van der Waals surface area contributed by atoms with E-state index in [1.54, 1.807) is 0 Å². The molecule has 1 unspecified atom stereocenters. The average molecular weight is 441 g/mol. The van der Waals surface area contributed by atoms with Crippen LogP contribution in [-0.4, -0.2) is 53.7 Å². The van der Waals surface area contributed by atoms with Crippen molar-refractivity contribution in [1.29, 1.82) is 0 Å². The van der Waals surface area contributed by atoms with E-state index in [4.69, 9.17) is 19.3 Å². The van der Waals surface area contributed by atoms with Crippen LogP contribution in [0.1, 0.15) is 77.0 Å². The number of carbonyl (C=O) groups is 3. The third-order valence-electron chi connectivity index (χ3n) is 7.36. The molecular weight excluding hydrogens is 404 g/mol. The minimum Gasteiger partial charge on any atom is -0.481 e. The van der Waals surface area contributed by atoms with Gasteiger partial charge in [-0.1, -0.05) is 0 Å². The molecule has 0 heterocycles. The van der Waals surface area contributed by atoms with Crippen LogP contribution in [0.3, 0.4) is 0 Å². The molecule has 31 heavy (non-hydrogen) atoms. The first-order chi connectivity index (χ1) is 14.9. The molecule has 1 atom stereocenters. The van der Waals surface area contributed by atoms with Gasteiger partial charge < -0.3 is 24.4 Å². The second-order valence-corrected chi connectivity index (χ2v) is 9.38. The van der Waals surface area contributed by atoms with Crippen molar-refractivity contribution in [3.8, 4) is 0 Å². The Bertz CT molecular complexity index is 611. The molecule has 0 aromatic heterocycles. The molecule has 0 saturated heterocycles. The van der Waals surface area contributed by atoms with Gasteiger partial charge in [-0.3, -0.25) is 14.4 Å². The van der Waals surface area contributed by atoms with Crippen molar-refractivity contribution >= 4 is 17.9 Å². The third kappa shape index (κ3) is 6.65. The fourth-order valence-corrected chi connectivity index (χ4v) is 5.24. The van der Waals surface area contributed by atoms with Gasteiger partial charge in [0.05, 0.1) is 31.0 Å². The maximum Gasteiger partial charge on any atom is 0.309 e. The number of aliphatic hydroxyl groups is 1. The fourth-order valence-electron chi connectivity index (χ4n) is 5.24. The Hall–Kier alpha value is -1.67. The summed E-state index contributed by atoms with van der Waals surface area (Å²) < 4.78 is 16.3. The zero-order valence-corrected chi connectivity index (χ0v) is 18.4. The molecule has 0 radical (unpaired) electrons. The number of carbonyl (C=O) groups excluding carboxylic acids is 2. The van der Waals surface area contributed by atoms with E-state index in [9.17, 15) is 19.5 Å². The zero-order valence-electron chi connectivity index (χ0n) is 18.4. The summed E-state index contributed by atoms with van der Waals surface area (Å²) >= 11 is 0. The molecule has 8 nitrogen and oxygen atoms in total. The second-order valence-electron chi connectivity index (χ2n) is 9.38. The first kappa shape index (κ1) is 24.0. The van der Waals surface area contributed by atoms with Crippen LogP contribution in [0.25, 0.3) is 0 Å². The van der Waals surface area contributed by atoms with E-state index in [0.29, 0.717) is 64.2 Å². The number of rotatable bonds is 7. The molecule has 0 amide bonds. The molecule has 0 aromatic carbocycles. The minimum atomic E-state index is -0.850. The lowest BCUT2D eigenvalue weighted by Gasteiger charge is -2.35. The van der Waals surface area contributed by atoms with Gasteiger partial charge in [-0.05, 0) is 77.0 Å². The van der Waals surface area contributed by atoms with Gasteiger partial charge in [0.15, 0.2) is 6.29 Å². The Morgan fingerprint density at radius 3 is 1.71 bits per heavy atom. The summed E-state index contributed by atoms with van der Waals surface area (Å²) in [7, 11) is 1.39. The van der Waals surface area contributed by atoms with Gasteiger partial charge in [0.2, 0.25) is 0 Å². The van der Waals surface area contributed by atoms with Crippen LogP contribution in [0.5, 0.6) is 0 Å². The van der Waals surface area contributed by atoms with E-state index in [1.165, 1.54) is 7.11 Å². The summed E-state index contributed by atoms with van der Waals surface area (Å²) in [5.41, 5.74) is 0. The van der Waals surface area contributed by atoms with Gasteiger partial charge in [-0.25, -0.2) is 0 Å². The lowest BCUT2D eigenvalue weighted by atomic mass is 9.82. The number of hydrogen-bond donors (Lipinski definition) is 2. The van der Waals surface area contributed by atoms with Crippen LogP contribution in [-0.2, 0) is 28.6 Å². The average Bonchev–Trinajstić information content (AvgIpc) is 2.79. The van der Waals surface area contributed by atoms with Crippen LogP contribution in [0.2, 0.25) is 0 Å². The van der Waals surface area contributed by atoms with E-state index in [-0.39, 0.29) is 47.8 Å². The summed E-state index contributed by atoms with van der Waals surface area (Å²) in [4.78, 5) is 35.2. The zero-order chi connectivity index (χ0) is 22.4. The Morgan fingerprint density at radius 1 is 0.710 bits per heavy atom. The highest BCUT2D eigenvalue weighted by Crippen LogP contribution is 2.35. The number of carboxylic acid groups (broad SMARTS) is 1. The maximum absolute atomic E-state index is 12.5. The van der Waals surface area contributed by atoms with Crippen LogP contribution >= 0.6 is 0 Å². The lowest BCUT2D eigenvalue weighted by Crippen LogP contribution is -2.36. The molecule has 2 N–H and O–H groups in total. The van der Waals surface area contributed by atoms with Crippen molar-refractivity contribution < 1.29 is 38.8 Å². The van der Waals surface area contributed by atoms with E-state index >= 15 is 0 Å². The topological polar surface area (TPSA) is 119 Å². The molecule has 0 spiro atoms. The van der Waals surface area contributed by atoms with Crippen molar-refractivity contribution in [2.45, 2.75) is 95.5 Å². The lowest BCUT2D eigenvalue weighted by molar-refractivity contribution is -0.186. The summed E-state index contributed by atoms with van der Waals surface area (Å²) in [6.07, 6.45) is 6.99. The normalized spacial score (nSPS) is 35.0. The number of esters is 2. The molecule has 3 rings (SSSR count). The molecule has 3 aliphatic rings. The highest BCUT2D eigenvalue weighted by atomic mass is 16.6. The predicted molar refractivity (Wildman–Crippen MR) is 110 cm³/mol. The molecule has 3 fully saturated rings. The Labute approximate surface area is 183 Å². The van der Waals surface area contributed by atoms with Crippen molar-refractivity contribution in [2.24, 2.45) is 23.7 Å². The highest BCUT2D eigenvalue weighted by molar-refractivity contribution is 5.75. The van der Waals surface area contributed by atoms with Crippen molar-refractivity contribution in [1.82, 2.24) is 0 Å². The van der Waals surface area contributed by atoms with Crippen molar-refractivity contribution in [3.63, 3.8) is 0 Å². The van der Waals surface area contributed by atoms with E-state index in [1.807, 2.05) is 0 Å². The Kier molecular flexibility index (Phi) is 8.72. The van der Waals surface area contributed by atoms with Crippen LogP contribution in [0.4, 0.5) is 0 Å². The number of aliphatic hydroxyl groups excluding tert-OH is 1. The molecule has 3 aliphatic carbocycles. The monoisotopic (exact) mass is 440 g/mol. The molecule has 8 heteroatoms. The van der Waals surface area contributed by atoms with Gasteiger partial charge in [-0.15, -0.1) is 0 Å². The van der Waals surface area contributed by atoms with E-state index in [2.05, 4.69) is 0 Å². The predicted octanol–water partition coefficient (Wildman–Crippen LogP) is 3.05. The maximum atomic E-state index is 12.5. The minimum absolute atomic E-state index is 0.0163. The van der Waals surface area contributed by atoms with Crippen molar-refractivity contribution in [2.75, 3.05) is 7.11 Å². The van der Waals surface area contributed by atoms with E-state index in [0.717, 1.165) is 12.8 Å². The SMILES string of the molecule is COC(=O)C1CCC(C(=O)OC2CCC(C(O)OC3CCC(C(=O)O)CC3)CC2)CC1. The van der Waals surface area contributed by atoms with Gasteiger partial charge in [0, 0.05) is 5.92 Å². The van der Waals surface area contributed by atoms with Gasteiger partial charge in [-0.2, -0.15) is 0 Å². The number of carboxylic acids is 1. The largest absolute Gasteiger partial charge is 0.481 e. The molecule has 0 aromatic rings. The van der Waals surface area contributed by atoms with Crippen LogP contribution in [0, 0.1) is 23.7 Å². The fraction of sp³-hybridized carbons (Fsp3) is 0.870. The summed E-state index contributed by atoms with van der Waals surface area (Å²) in [6, 6.07) is 0. The summed E-state index contributed by atoms with van der Waals surface area (Å²) in [6.45, 7) is 0. The molecule has 0 aliphatic heterocycles. The van der Waals surface area contributed by atoms with Crippen molar-refractivity contribution in [3.05, 3.63) is 0 Å². The highest BCUT2D eigenvalue weighted by Gasteiger charge is 2.35. The Balaban J connectivity index is 1.33. The third-order valence-corrected chi connectivity index (χ3v) is 7.36. The molecular formula is C23H36O8. The van der Waals surface area contributed by atoms with E-state index < -0.39 is 12.3 Å². The first-order valence-electron chi connectivity index (χ1n) is 11.7. The number of aliphatic carboxylic acids is 1. The van der Waals surface area contributed by atoms with Crippen LogP contribution < -0.4 is 0 Å². The summed E-state index contributed by atoms with van der Waals surface area (Å²) in [5.74, 6) is -1.64. The quantitative estimate of drug-likeness (QED) is 0.458. The van der Waals surface area contributed by atoms with Crippen LogP contribution in [0.15, 0.2) is 0 Å².